The Morgan fingerprint density at radius 2 is 0.814 bits per heavy atom. The van der Waals surface area contributed by atoms with Crippen LogP contribution in [0.1, 0.15) is 57.5 Å². The van der Waals surface area contributed by atoms with Gasteiger partial charge in [0.1, 0.15) is 5.76 Å². The summed E-state index contributed by atoms with van der Waals surface area (Å²) in [7, 11) is 0. The number of thiophene rings is 1. The number of rotatable bonds is 12. The third-order valence-corrected chi connectivity index (χ3v) is 21.3. The summed E-state index contributed by atoms with van der Waals surface area (Å²) in [6.45, 7) is 8.54. The van der Waals surface area contributed by atoms with Crippen molar-refractivity contribution in [1.82, 2.24) is 34.9 Å². The van der Waals surface area contributed by atoms with Gasteiger partial charge in [-0.2, -0.15) is 0 Å². The van der Waals surface area contributed by atoms with E-state index in [0.29, 0.717) is 11.1 Å². The van der Waals surface area contributed by atoms with E-state index in [0.717, 1.165) is 93.4 Å². The maximum atomic E-state index is 11.8. The largest absolute Gasteiger partial charge is 0.512 e. The number of ketones is 4. The summed E-state index contributed by atoms with van der Waals surface area (Å²) in [5.74, 6) is -0.404. The number of aliphatic hydroxyl groups is 4. The van der Waals surface area contributed by atoms with Gasteiger partial charge in [0.25, 0.3) is 0 Å². The Labute approximate surface area is 885 Å². The predicted octanol–water partition coefficient (Wildman–Crippen LogP) is 29.1. The molecule has 0 aliphatic heterocycles. The molecule has 21 aromatic rings. The van der Waals surface area contributed by atoms with Gasteiger partial charge in [-0.1, -0.05) is 294 Å². The minimum absolute atomic E-state index is 0. The molecular formula is C119H92Ir5N7O8S-5. The van der Waals surface area contributed by atoms with Crippen LogP contribution >= 0.6 is 11.3 Å². The zero-order chi connectivity index (χ0) is 94.6. The van der Waals surface area contributed by atoms with Crippen LogP contribution in [0.25, 0.3) is 158 Å². The van der Waals surface area contributed by atoms with E-state index in [1.807, 2.05) is 164 Å². The first kappa shape index (κ1) is 111. The molecule has 0 unspecified atom stereocenters. The summed E-state index contributed by atoms with van der Waals surface area (Å²) >= 11 is 1.73. The molecule has 0 spiro atoms. The number of carbonyl (C=O) groups is 4. The Balaban J connectivity index is 0.000000199. The fourth-order valence-corrected chi connectivity index (χ4v) is 15.3. The summed E-state index contributed by atoms with van der Waals surface area (Å²) in [5, 5.41) is 48.7. The van der Waals surface area contributed by atoms with Crippen molar-refractivity contribution in [3.63, 3.8) is 0 Å². The number of hydrogen-bond donors (Lipinski definition) is 4. The predicted molar refractivity (Wildman–Crippen MR) is 551 cm³/mol. The van der Waals surface area contributed by atoms with Crippen LogP contribution in [0.5, 0.6) is 0 Å². The second-order valence-electron chi connectivity index (χ2n) is 30.5. The molecule has 4 N–H and O–H groups in total. The fraction of sp³-hybridized carbons (Fsp3) is 0.0504. The number of carbonyl (C=O) groups excluding carboxylic acids is 4. The first-order valence-corrected chi connectivity index (χ1v) is 44.0. The van der Waals surface area contributed by atoms with Crippen LogP contribution in [-0.2, 0) is 115 Å². The molecule has 0 bridgehead atoms. The molecule has 0 saturated carbocycles. The Kier molecular flexibility index (Phi) is 45.4. The van der Waals surface area contributed by atoms with E-state index < -0.39 is 0 Å². The summed E-state index contributed by atoms with van der Waals surface area (Å²) in [6, 6.07) is 136. The van der Waals surface area contributed by atoms with E-state index >= 15 is 0 Å². The number of fused-ring (bicyclic) bond motifs is 12. The Bertz CT molecular complexity index is 7420. The van der Waals surface area contributed by atoms with Gasteiger partial charge in [0, 0.05) is 196 Å². The zero-order valence-electron chi connectivity index (χ0n) is 76.5. The molecule has 6 heterocycles. The number of hydrogen-bond acceptors (Lipinski definition) is 16. The molecule has 5 radical (unpaired) electrons. The number of aromatic nitrogens is 7. The minimum atomic E-state index is -0.202. The number of pyridine rings is 3. The average molecular weight is 2740 g/mol. The molecule has 140 heavy (non-hydrogen) atoms. The molecule has 15 aromatic carbocycles. The summed E-state index contributed by atoms with van der Waals surface area (Å²) in [4.78, 5) is 74.4. The van der Waals surface area contributed by atoms with Crippen LogP contribution in [0, 0.1) is 30.3 Å². The van der Waals surface area contributed by atoms with Crippen molar-refractivity contribution in [2.45, 2.75) is 41.5 Å². The fourth-order valence-electron chi connectivity index (χ4n) is 14.3. The summed E-state index contributed by atoms with van der Waals surface area (Å²) in [5.41, 5.74) is 15.6. The van der Waals surface area contributed by atoms with Crippen molar-refractivity contribution < 1.29 is 140 Å². The molecule has 0 atom stereocenters. The Morgan fingerprint density at radius 3 is 1.42 bits per heavy atom. The van der Waals surface area contributed by atoms with Crippen molar-refractivity contribution in [3.8, 4) is 66.6 Å². The second kappa shape index (κ2) is 57.2. The molecule has 0 amide bonds. The maximum absolute atomic E-state index is 11.8. The molecule has 707 valence electrons. The average Bonchev–Trinajstić information content (AvgIpc) is 0.892. The van der Waals surface area contributed by atoms with E-state index in [1.165, 1.54) is 125 Å². The molecule has 0 aliphatic rings. The first-order chi connectivity index (χ1) is 65.8. The molecule has 21 rings (SSSR count). The van der Waals surface area contributed by atoms with E-state index in [9.17, 15) is 24.3 Å². The van der Waals surface area contributed by atoms with Gasteiger partial charge in [-0.25, -0.2) is 11.3 Å². The monoisotopic (exact) mass is 2740 g/mol. The summed E-state index contributed by atoms with van der Waals surface area (Å²) < 4.78 is 1.26. The molecule has 0 saturated heterocycles. The van der Waals surface area contributed by atoms with Crippen molar-refractivity contribution >= 4 is 126 Å². The normalized spacial score (nSPS) is 10.6. The molecule has 15 nitrogen and oxygen atoms in total. The van der Waals surface area contributed by atoms with Gasteiger partial charge >= 0.3 is 0 Å². The van der Waals surface area contributed by atoms with Crippen molar-refractivity contribution in [2.24, 2.45) is 0 Å². The smallest absolute Gasteiger partial charge is 0.189 e. The van der Waals surface area contributed by atoms with Crippen molar-refractivity contribution in [2.75, 3.05) is 0 Å². The third kappa shape index (κ3) is 32.2. The Morgan fingerprint density at radius 1 is 0.307 bits per heavy atom. The molecule has 6 aromatic heterocycles. The number of allylic oxidation sites excluding steroid dienone is 7. The van der Waals surface area contributed by atoms with E-state index in [4.69, 9.17) is 15.3 Å². The van der Waals surface area contributed by atoms with E-state index in [1.54, 1.807) is 72.5 Å². The minimum Gasteiger partial charge on any atom is -0.512 e. The zero-order valence-corrected chi connectivity index (χ0v) is 89.3. The van der Waals surface area contributed by atoms with Gasteiger partial charge in [0.2, 0.25) is 0 Å². The maximum Gasteiger partial charge on any atom is 0.189 e. The van der Waals surface area contributed by atoms with E-state index in [-0.39, 0.29) is 147 Å². The van der Waals surface area contributed by atoms with Crippen LogP contribution < -0.4 is 0 Å². The van der Waals surface area contributed by atoms with Crippen LogP contribution in [-0.4, -0.2) is 78.4 Å². The van der Waals surface area contributed by atoms with Gasteiger partial charge < -0.3 is 45.3 Å². The van der Waals surface area contributed by atoms with Crippen LogP contribution in [0.4, 0.5) is 0 Å². The SMILES string of the molecule is CC(=O)C=C(C)O.CC(=O)C=C(C)O.CC(=O)C=C(C)O.O=C(C=C(O)c1ccccc1)c1ccccc1.[Ir].[Ir].[Ir].[Ir].[Ir].[c-]1c(-c2ccccn2)sc2ccccc12.[c-]1cc(-c2ccccc2)cc2c1c1nccnc1c1ccc(-c3ccccc3)cc21.[c-]1ccc2ccccc2c1-c1cc2ccccc2cn1.[c-]1cccc2ccc3cccnc3c12.[c-]1ccccc1-c1nccnc1-c1ccccc1. The van der Waals surface area contributed by atoms with Gasteiger partial charge in [0.15, 0.2) is 23.1 Å². The Hall–Kier alpha value is -14.2. The van der Waals surface area contributed by atoms with Crippen molar-refractivity contribution in [1.29, 1.82) is 0 Å². The number of aliphatic hydroxyl groups excluding tert-OH is 4. The molecule has 21 heteroatoms. The topological polar surface area (TPSA) is 239 Å². The summed E-state index contributed by atoms with van der Waals surface area (Å²) in [6.07, 6.45) is 17.3. The van der Waals surface area contributed by atoms with E-state index in [2.05, 4.69) is 241 Å². The van der Waals surface area contributed by atoms with Crippen molar-refractivity contribution in [3.05, 3.63) is 484 Å². The van der Waals surface area contributed by atoms with Gasteiger partial charge in [-0.05, 0) is 113 Å². The van der Waals surface area contributed by atoms with Crippen LogP contribution in [0.3, 0.4) is 0 Å². The number of benzene rings is 15. The first-order valence-electron chi connectivity index (χ1n) is 43.1. The van der Waals surface area contributed by atoms with Gasteiger partial charge in [0.05, 0.1) is 28.5 Å². The standard InChI is InChI=1S/C28H17N2.C19H12N.C16H11N2.C15H12O2.C13H8NS.C13H8N.3C5H8O2.5Ir/c1-3-7-19(8-4-1)21-11-13-23-25(17-21)26-18-22(20-9-5-2-6-10-20)12-14-24(26)28-27(23)29-15-16-30-28;1-2-8-16-13-20-19(12-15(16)7-1)18-11-5-9-14-6-3-4-10-17(14)18;1-3-7-13(8-4-1)15-16(18-12-11-17-15)14-9-5-2-6-10-14;16-14(12-7-3-1-4-8-12)11-15(17)13-9-5-2-6-10-13;1-2-7-12-10(5-1)9-13(15-12)11-6-3-4-8-14-11;1-2-6-12-10(4-1)7-8-11-5-3-9-14-13(11)12;3*1-4(6)3-5(2)7;;;;;/h1-13,15-18H;1-10,12-13H;1-9,11-12H;1-11,16H;1-8H;1-5,7-9H;3*3,6H,1-2H3;;;;;/q3*-1;;2*-1;;;;;;;;. The molecule has 0 fully saturated rings. The molecular weight excluding hydrogens is 2650 g/mol. The van der Waals surface area contributed by atoms with Gasteiger partial charge in [-0.3, -0.25) is 29.1 Å². The number of nitrogens with zero attached hydrogens (tertiary/aromatic N) is 7. The second-order valence-corrected chi connectivity index (χ2v) is 31.6. The third-order valence-electron chi connectivity index (χ3n) is 20.3. The van der Waals surface area contributed by atoms with Crippen LogP contribution in [0.15, 0.2) is 443 Å². The van der Waals surface area contributed by atoms with Gasteiger partial charge in [-0.15, -0.1) is 147 Å². The van der Waals surface area contributed by atoms with Crippen LogP contribution in [0.2, 0.25) is 0 Å². The molecule has 0 aliphatic carbocycles. The quantitative estimate of drug-likeness (QED) is 0.0292.